The molecule has 0 spiro atoms. The number of nitro groups is 1. The average molecular weight is 241 g/mol. The number of hydrogen-bond acceptors (Lipinski definition) is 6. The van der Waals surface area contributed by atoms with Crippen LogP contribution in [0.15, 0.2) is 18.2 Å². The maximum atomic E-state index is 10.8. The van der Waals surface area contributed by atoms with E-state index in [9.17, 15) is 10.1 Å². The Hall–Kier alpha value is -1.86. The summed E-state index contributed by atoms with van der Waals surface area (Å²) >= 11 is 0. The summed E-state index contributed by atoms with van der Waals surface area (Å²) in [6.07, 6.45) is 0. The molecule has 0 saturated carbocycles. The van der Waals surface area contributed by atoms with Crippen molar-refractivity contribution in [2.45, 2.75) is 0 Å². The lowest BCUT2D eigenvalue weighted by Gasteiger charge is -2.09. The van der Waals surface area contributed by atoms with Crippen molar-refractivity contribution in [3.63, 3.8) is 0 Å². The summed E-state index contributed by atoms with van der Waals surface area (Å²) < 4.78 is 5.17. The van der Waals surface area contributed by atoms with E-state index in [1.165, 1.54) is 18.2 Å². The Balaban J connectivity index is 2.88. The van der Waals surface area contributed by atoms with Gasteiger partial charge < -0.3 is 20.9 Å². The van der Waals surface area contributed by atoms with Crippen molar-refractivity contribution in [3.05, 3.63) is 28.3 Å². The summed E-state index contributed by atoms with van der Waals surface area (Å²) in [6.45, 7) is 0.847. The van der Waals surface area contributed by atoms with Crippen molar-refractivity contribution in [2.24, 2.45) is 5.73 Å². The Labute approximate surface area is 98.3 Å². The number of nitrogens with two attached hydrogens (primary N) is 1. The molecule has 0 amide bonds. The van der Waals surface area contributed by atoms with Crippen molar-refractivity contribution in [1.29, 1.82) is 0 Å². The van der Waals surface area contributed by atoms with Crippen LogP contribution >= 0.6 is 0 Å². The number of anilines is 1. The highest BCUT2D eigenvalue weighted by atomic mass is 16.6. The molecule has 94 valence electrons. The zero-order valence-corrected chi connectivity index (χ0v) is 9.26. The van der Waals surface area contributed by atoms with E-state index in [1.54, 1.807) is 0 Å². The summed E-state index contributed by atoms with van der Waals surface area (Å²) in [7, 11) is 0. The van der Waals surface area contributed by atoms with Gasteiger partial charge in [0.1, 0.15) is 18.0 Å². The summed E-state index contributed by atoms with van der Waals surface area (Å²) in [5.74, 6) is 0.462. The molecule has 0 bridgehead atoms. The van der Waals surface area contributed by atoms with Crippen LogP contribution in [0.5, 0.6) is 5.75 Å². The molecular formula is C10H15N3O4. The smallest absolute Gasteiger partial charge is 0.292 e. The topological polar surface area (TPSA) is 111 Å². The summed E-state index contributed by atoms with van der Waals surface area (Å²) in [5, 5.41) is 22.2. The van der Waals surface area contributed by atoms with E-state index in [1.807, 2.05) is 0 Å². The van der Waals surface area contributed by atoms with E-state index in [0.29, 0.717) is 24.5 Å². The van der Waals surface area contributed by atoms with Crippen LogP contribution in [0.4, 0.5) is 11.4 Å². The molecule has 7 heteroatoms. The summed E-state index contributed by atoms with van der Waals surface area (Å²) in [4.78, 5) is 10.3. The predicted octanol–water partition coefficient (Wildman–Crippen LogP) is 0.336. The second kappa shape index (κ2) is 6.66. The third kappa shape index (κ3) is 3.89. The minimum absolute atomic E-state index is 0.0326. The molecule has 0 aliphatic heterocycles. The van der Waals surface area contributed by atoms with Crippen LogP contribution < -0.4 is 15.8 Å². The zero-order chi connectivity index (χ0) is 12.7. The second-order valence-corrected chi connectivity index (χ2v) is 3.22. The lowest BCUT2D eigenvalue weighted by Crippen LogP contribution is -2.14. The maximum absolute atomic E-state index is 10.8. The Bertz CT molecular complexity index is 384. The molecule has 0 aliphatic carbocycles. The van der Waals surface area contributed by atoms with Gasteiger partial charge in [0.05, 0.1) is 11.5 Å². The van der Waals surface area contributed by atoms with Crippen molar-refractivity contribution >= 4 is 11.4 Å². The Morgan fingerprint density at radius 3 is 2.88 bits per heavy atom. The first-order valence-corrected chi connectivity index (χ1v) is 5.15. The van der Waals surface area contributed by atoms with Gasteiger partial charge in [-0.25, -0.2) is 0 Å². The molecular weight excluding hydrogens is 226 g/mol. The standard InChI is InChI=1S/C10H15N3O4/c11-3-4-12-9-7-8(17-6-5-14)1-2-10(9)13(15)16/h1-2,7,12,14H,3-6,11H2. The fourth-order valence-electron chi connectivity index (χ4n) is 1.28. The Kier molecular flexibility index (Phi) is 5.18. The van der Waals surface area contributed by atoms with Crippen LogP contribution in [0, 0.1) is 10.1 Å². The molecule has 17 heavy (non-hydrogen) atoms. The molecule has 0 unspecified atom stereocenters. The van der Waals surface area contributed by atoms with Gasteiger partial charge in [-0.05, 0) is 6.07 Å². The molecule has 0 aliphatic rings. The molecule has 0 radical (unpaired) electrons. The van der Waals surface area contributed by atoms with Crippen LogP contribution in [0.3, 0.4) is 0 Å². The van der Waals surface area contributed by atoms with Gasteiger partial charge in [-0.1, -0.05) is 0 Å². The highest BCUT2D eigenvalue weighted by Gasteiger charge is 2.14. The van der Waals surface area contributed by atoms with E-state index in [4.69, 9.17) is 15.6 Å². The Morgan fingerprint density at radius 1 is 1.53 bits per heavy atom. The number of ether oxygens (including phenoxy) is 1. The SMILES string of the molecule is NCCNc1cc(OCCO)ccc1[N+](=O)[O-]. The van der Waals surface area contributed by atoms with Gasteiger partial charge in [-0.3, -0.25) is 10.1 Å². The van der Waals surface area contributed by atoms with E-state index in [-0.39, 0.29) is 18.9 Å². The fourth-order valence-corrected chi connectivity index (χ4v) is 1.28. The van der Waals surface area contributed by atoms with Crippen LogP contribution in [-0.4, -0.2) is 36.3 Å². The van der Waals surface area contributed by atoms with Gasteiger partial charge in [0.2, 0.25) is 0 Å². The molecule has 7 nitrogen and oxygen atoms in total. The second-order valence-electron chi connectivity index (χ2n) is 3.22. The predicted molar refractivity (Wildman–Crippen MR) is 63.2 cm³/mol. The van der Waals surface area contributed by atoms with Crippen molar-refractivity contribution in [3.8, 4) is 5.75 Å². The van der Waals surface area contributed by atoms with Gasteiger partial charge in [-0.15, -0.1) is 0 Å². The van der Waals surface area contributed by atoms with Crippen LogP contribution in [-0.2, 0) is 0 Å². The molecule has 0 fully saturated rings. The van der Waals surface area contributed by atoms with Gasteiger partial charge >= 0.3 is 0 Å². The van der Waals surface area contributed by atoms with Gasteiger partial charge in [-0.2, -0.15) is 0 Å². The average Bonchev–Trinajstić information content (AvgIpc) is 2.33. The first kappa shape index (κ1) is 13.2. The monoisotopic (exact) mass is 241 g/mol. The van der Waals surface area contributed by atoms with Gasteiger partial charge in [0.25, 0.3) is 5.69 Å². The summed E-state index contributed by atoms with van der Waals surface area (Å²) in [6, 6.07) is 4.36. The van der Waals surface area contributed by atoms with Crippen LogP contribution in [0.2, 0.25) is 0 Å². The molecule has 4 N–H and O–H groups in total. The summed E-state index contributed by atoms with van der Waals surface area (Å²) in [5.41, 5.74) is 5.65. The third-order valence-electron chi connectivity index (χ3n) is 1.98. The lowest BCUT2D eigenvalue weighted by atomic mass is 10.2. The molecule has 1 aromatic carbocycles. The lowest BCUT2D eigenvalue weighted by molar-refractivity contribution is -0.384. The van der Waals surface area contributed by atoms with Gasteiger partial charge in [0.15, 0.2) is 0 Å². The minimum Gasteiger partial charge on any atom is -0.491 e. The number of hydrogen-bond donors (Lipinski definition) is 3. The molecule has 0 atom stereocenters. The number of nitro benzene ring substituents is 1. The highest BCUT2D eigenvalue weighted by molar-refractivity contribution is 5.64. The maximum Gasteiger partial charge on any atom is 0.292 e. The molecule has 1 aromatic rings. The van der Waals surface area contributed by atoms with E-state index in [0.717, 1.165) is 0 Å². The zero-order valence-electron chi connectivity index (χ0n) is 9.26. The first-order chi connectivity index (χ1) is 8.19. The Morgan fingerprint density at radius 2 is 2.29 bits per heavy atom. The molecule has 0 saturated heterocycles. The number of aliphatic hydroxyl groups is 1. The van der Waals surface area contributed by atoms with Crippen LogP contribution in [0.1, 0.15) is 0 Å². The van der Waals surface area contributed by atoms with Crippen molar-refractivity contribution in [2.75, 3.05) is 31.6 Å². The number of nitrogens with one attached hydrogen (secondary N) is 1. The molecule has 1 rings (SSSR count). The first-order valence-electron chi connectivity index (χ1n) is 5.15. The fraction of sp³-hybridized carbons (Fsp3) is 0.400. The van der Waals surface area contributed by atoms with E-state index >= 15 is 0 Å². The highest BCUT2D eigenvalue weighted by Crippen LogP contribution is 2.28. The third-order valence-corrected chi connectivity index (χ3v) is 1.98. The van der Waals surface area contributed by atoms with Gasteiger partial charge in [0, 0.05) is 25.2 Å². The number of nitrogens with zero attached hydrogens (tertiary/aromatic N) is 1. The minimum atomic E-state index is -0.478. The number of rotatable bonds is 7. The largest absolute Gasteiger partial charge is 0.491 e. The number of aliphatic hydroxyl groups excluding tert-OH is 1. The molecule has 0 heterocycles. The van der Waals surface area contributed by atoms with Crippen molar-refractivity contribution < 1.29 is 14.8 Å². The number of benzene rings is 1. The quantitative estimate of drug-likeness (QED) is 0.469. The normalized spacial score (nSPS) is 10.0. The molecule has 0 aromatic heterocycles. The van der Waals surface area contributed by atoms with Crippen LogP contribution in [0.25, 0.3) is 0 Å². The van der Waals surface area contributed by atoms with E-state index in [2.05, 4.69) is 5.32 Å². The van der Waals surface area contributed by atoms with E-state index < -0.39 is 4.92 Å². The van der Waals surface area contributed by atoms with Crippen molar-refractivity contribution in [1.82, 2.24) is 0 Å².